The van der Waals surface area contributed by atoms with Crippen molar-refractivity contribution in [3.63, 3.8) is 0 Å². The highest BCUT2D eigenvalue weighted by atomic mass is 16.6. The molecule has 0 amide bonds. The fraction of sp³-hybridized carbons (Fsp3) is 0.734. The molecule has 0 unspecified atom stereocenters. The molecule has 0 N–H and O–H groups in total. The second kappa shape index (κ2) is 58.2. The SMILES string of the molecule is CC/C=C/C/C=C/C/C=C/C/C=C/C/C=C/C/C=C/CCC(=O)OC[C@@H](COC(=O)CCCCCCCCCCCCCCCC)OC(=O)CCCCCCCCCCC/C=C/CCCCCCCC. The van der Waals surface area contributed by atoms with Crippen molar-refractivity contribution in [1.29, 1.82) is 0 Å². The Balaban J connectivity index is 4.47. The van der Waals surface area contributed by atoms with Crippen molar-refractivity contribution < 1.29 is 28.6 Å². The summed E-state index contributed by atoms with van der Waals surface area (Å²) in [5.41, 5.74) is 0. The smallest absolute Gasteiger partial charge is 0.306 e. The highest BCUT2D eigenvalue weighted by molar-refractivity contribution is 5.71. The van der Waals surface area contributed by atoms with Gasteiger partial charge in [-0.25, -0.2) is 0 Å². The summed E-state index contributed by atoms with van der Waals surface area (Å²) in [5.74, 6) is -0.979. The molecule has 0 fully saturated rings. The van der Waals surface area contributed by atoms with Gasteiger partial charge in [0.2, 0.25) is 0 Å². The van der Waals surface area contributed by atoms with Crippen molar-refractivity contribution in [3.8, 4) is 0 Å². The molecule has 0 aromatic carbocycles. The van der Waals surface area contributed by atoms with Crippen molar-refractivity contribution in [2.75, 3.05) is 13.2 Å². The zero-order valence-corrected chi connectivity index (χ0v) is 46.0. The predicted molar refractivity (Wildman–Crippen MR) is 302 cm³/mol. The number of carbonyl (C=O) groups is 3. The van der Waals surface area contributed by atoms with Gasteiger partial charge >= 0.3 is 17.9 Å². The van der Waals surface area contributed by atoms with E-state index in [2.05, 4.69) is 99.8 Å². The highest BCUT2D eigenvalue weighted by Gasteiger charge is 2.19. The maximum absolute atomic E-state index is 12.9. The van der Waals surface area contributed by atoms with Crippen molar-refractivity contribution in [2.45, 2.75) is 290 Å². The van der Waals surface area contributed by atoms with E-state index in [1.165, 1.54) is 161 Å². The number of unbranched alkanes of at least 4 members (excludes halogenated alkanes) is 28. The molecule has 0 heterocycles. The molecule has 6 heteroatoms. The molecule has 0 aromatic heterocycles. The second-order valence-corrected chi connectivity index (χ2v) is 19.5. The van der Waals surface area contributed by atoms with Crippen molar-refractivity contribution in [1.82, 2.24) is 0 Å². The van der Waals surface area contributed by atoms with Crippen LogP contribution in [0.15, 0.2) is 85.1 Å². The number of carbonyl (C=O) groups excluding carboxylic acids is 3. The summed E-state index contributed by atoms with van der Waals surface area (Å²) in [6.07, 6.45) is 75.9. The predicted octanol–water partition coefficient (Wildman–Crippen LogP) is 19.9. The molecule has 0 bridgehead atoms. The summed E-state index contributed by atoms with van der Waals surface area (Å²) in [7, 11) is 0. The van der Waals surface area contributed by atoms with E-state index >= 15 is 0 Å². The van der Waals surface area contributed by atoms with Crippen LogP contribution >= 0.6 is 0 Å². The lowest BCUT2D eigenvalue weighted by Crippen LogP contribution is -2.30. The van der Waals surface area contributed by atoms with E-state index in [4.69, 9.17) is 14.2 Å². The fourth-order valence-corrected chi connectivity index (χ4v) is 8.23. The van der Waals surface area contributed by atoms with Crippen LogP contribution in [0.25, 0.3) is 0 Å². The standard InChI is InChI=1S/C64H110O6/c1-4-7-10-13-16-19-22-25-28-30-32-34-36-39-42-45-48-51-54-57-63(66)69-60-61(59-68-62(65)56-53-50-47-44-41-38-27-24-21-18-15-12-9-6-3)70-64(67)58-55-52-49-46-43-40-37-35-33-31-29-26-23-20-17-14-11-8-5-2/h7,10,16,19,25-26,28-29,32,34,39,42,48,51,61H,4-6,8-9,11-15,17-18,20-24,27,30-31,33,35-38,40-41,43-47,49-50,52-60H2,1-3H3/b10-7+,19-16+,28-25+,29-26+,34-32+,42-39+,51-48+/t61-/m1/s1. The zero-order chi connectivity index (χ0) is 50.7. The molecule has 0 rings (SSSR count). The number of ether oxygens (including phenoxy) is 3. The number of allylic oxidation sites excluding steroid dienone is 14. The Labute approximate surface area is 433 Å². The largest absolute Gasteiger partial charge is 0.462 e. The molecule has 0 aliphatic carbocycles. The van der Waals surface area contributed by atoms with Gasteiger partial charge in [-0.05, 0) is 83.5 Å². The molecule has 0 aliphatic rings. The summed E-state index contributed by atoms with van der Waals surface area (Å²) in [6.45, 7) is 6.48. The van der Waals surface area contributed by atoms with Gasteiger partial charge in [-0.3, -0.25) is 14.4 Å². The van der Waals surface area contributed by atoms with E-state index in [0.29, 0.717) is 19.3 Å². The van der Waals surface area contributed by atoms with Crippen LogP contribution < -0.4 is 0 Å². The maximum Gasteiger partial charge on any atom is 0.306 e. The molecule has 70 heavy (non-hydrogen) atoms. The molecule has 0 saturated carbocycles. The Morgan fingerprint density at radius 2 is 0.586 bits per heavy atom. The van der Waals surface area contributed by atoms with Gasteiger partial charge in [0.1, 0.15) is 13.2 Å². The zero-order valence-electron chi connectivity index (χ0n) is 46.0. The van der Waals surface area contributed by atoms with E-state index in [0.717, 1.165) is 77.0 Å². The van der Waals surface area contributed by atoms with Gasteiger partial charge in [-0.15, -0.1) is 0 Å². The highest BCUT2D eigenvalue weighted by Crippen LogP contribution is 2.16. The first-order valence-corrected chi connectivity index (χ1v) is 29.6. The number of rotatable bonds is 53. The van der Waals surface area contributed by atoms with Crippen molar-refractivity contribution in [3.05, 3.63) is 85.1 Å². The van der Waals surface area contributed by atoms with Gasteiger partial charge in [-0.2, -0.15) is 0 Å². The Kier molecular flexibility index (Phi) is 55.3. The van der Waals surface area contributed by atoms with E-state index < -0.39 is 6.10 Å². The van der Waals surface area contributed by atoms with Crippen LogP contribution in [-0.4, -0.2) is 37.2 Å². The van der Waals surface area contributed by atoms with Gasteiger partial charge in [0.25, 0.3) is 0 Å². The first-order valence-electron chi connectivity index (χ1n) is 29.6. The number of hydrogen-bond donors (Lipinski definition) is 0. The maximum atomic E-state index is 12.9. The van der Waals surface area contributed by atoms with Crippen LogP contribution in [0.3, 0.4) is 0 Å². The fourth-order valence-electron chi connectivity index (χ4n) is 8.23. The summed E-state index contributed by atoms with van der Waals surface area (Å²) >= 11 is 0. The van der Waals surface area contributed by atoms with Crippen LogP contribution in [0.4, 0.5) is 0 Å². The Morgan fingerprint density at radius 3 is 0.957 bits per heavy atom. The van der Waals surface area contributed by atoms with Crippen LogP contribution in [-0.2, 0) is 28.6 Å². The average Bonchev–Trinajstić information content (AvgIpc) is 3.36. The first-order chi connectivity index (χ1) is 34.5. The minimum absolute atomic E-state index is 0.0981. The Morgan fingerprint density at radius 1 is 0.300 bits per heavy atom. The van der Waals surface area contributed by atoms with E-state index in [1.54, 1.807) is 0 Å². The number of hydrogen-bond acceptors (Lipinski definition) is 6. The number of esters is 3. The van der Waals surface area contributed by atoms with Crippen LogP contribution in [0.5, 0.6) is 0 Å². The molecule has 6 nitrogen and oxygen atoms in total. The van der Waals surface area contributed by atoms with Gasteiger partial charge < -0.3 is 14.2 Å². The van der Waals surface area contributed by atoms with Crippen LogP contribution in [0.2, 0.25) is 0 Å². The van der Waals surface area contributed by atoms with E-state index in [9.17, 15) is 14.4 Å². The lowest BCUT2D eigenvalue weighted by atomic mass is 10.0. The monoisotopic (exact) mass is 975 g/mol. The van der Waals surface area contributed by atoms with Gasteiger partial charge in [0.15, 0.2) is 6.10 Å². The topological polar surface area (TPSA) is 78.9 Å². The lowest BCUT2D eigenvalue weighted by molar-refractivity contribution is -0.166. The molecule has 0 radical (unpaired) electrons. The quantitative estimate of drug-likeness (QED) is 0.0261. The molecular weight excluding hydrogens is 865 g/mol. The summed E-state index contributed by atoms with van der Waals surface area (Å²) < 4.78 is 16.8. The average molecular weight is 976 g/mol. The first kappa shape index (κ1) is 66.6. The van der Waals surface area contributed by atoms with Gasteiger partial charge in [0.05, 0.1) is 0 Å². The molecule has 0 aliphatic heterocycles. The molecule has 1 atom stereocenters. The van der Waals surface area contributed by atoms with Gasteiger partial charge in [0, 0.05) is 19.3 Å². The summed E-state index contributed by atoms with van der Waals surface area (Å²) in [4.78, 5) is 38.2. The molecule has 0 saturated heterocycles. The second-order valence-electron chi connectivity index (χ2n) is 19.5. The molecular formula is C64H110O6. The van der Waals surface area contributed by atoms with Crippen LogP contribution in [0.1, 0.15) is 284 Å². The molecule has 402 valence electrons. The minimum atomic E-state index is -0.807. The third-order valence-corrected chi connectivity index (χ3v) is 12.6. The van der Waals surface area contributed by atoms with E-state index in [1.807, 2.05) is 6.08 Å². The summed E-state index contributed by atoms with van der Waals surface area (Å²) in [5, 5.41) is 0. The summed E-state index contributed by atoms with van der Waals surface area (Å²) in [6, 6.07) is 0. The third-order valence-electron chi connectivity index (χ3n) is 12.6. The van der Waals surface area contributed by atoms with Crippen LogP contribution in [0, 0.1) is 0 Å². The van der Waals surface area contributed by atoms with E-state index in [-0.39, 0.29) is 37.5 Å². The molecule has 0 aromatic rings. The minimum Gasteiger partial charge on any atom is -0.462 e. The Bertz CT molecular complexity index is 1350. The third kappa shape index (κ3) is 55.5. The Hall–Kier alpha value is -3.41. The molecule has 0 spiro atoms. The normalized spacial score (nSPS) is 12.7. The van der Waals surface area contributed by atoms with Gasteiger partial charge in [-0.1, -0.05) is 266 Å². The lowest BCUT2D eigenvalue weighted by Gasteiger charge is -2.18. The van der Waals surface area contributed by atoms with Crippen molar-refractivity contribution in [2.24, 2.45) is 0 Å². The van der Waals surface area contributed by atoms with Crippen molar-refractivity contribution >= 4 is 17.9 Å².